The van der Waals surface area contributed by atoms with Gasteiger partial charge < -0.3 is 19.7 Å². The van der Waals surface area contributed by atoms with Crippen molar-refractivity contribution in [3.05, 3.63) is 210 Å². The van der Waals surface area contributed by atoms with Gasteiger partial charge in [0.2, 0.25) is 5.91 Å². The quantitative estimate of drug-likeness (QED) is 0.0561. The first-order chi connectivity index (χ1) is 29.3. The summed E-state index contributed by atoms with van der Waals surface area (Å²) >= 11 is 1.75. The number of ether oxygens (including phenoxy) is 2. The second kappa shape index (κ2) is 19.6. The zero-order valence-corrected chi connectivity index (χ0v) is 34.9. The fraction of sp³-hybridized carbons (Fsp3) is 0.212. The number of nitrogens with zero attached hydrogens (tertiary/aromatic N) is 1. The number of anilines is 1. The SMILES string of the molecule is C=CCOC(=O)c1ccc(N(CCSC(c2ccccc2)(c2ccccc2)c2ccccc2)C(=O)[C@H](CC(C)C)NC(=O)OCC2c3ccccc3-c3ccccc32)cc1. The Morgan fingerprint density at radius 1 is 0.700 bits per heavy atom. The van der Waals surface area contributed by atoms with Gasteiger partial charge in [0.25, 0.3) is 0 Å². The number of carbonyl (C=O) groups excluding carboxylic acids is 3. The van der Waals surface area contributed by atoms with Crippen molar-refractivity contribution in [2.24, 2.45) is 5.92 Å². The summed E-state index contributed by atoms with van der Waals surface area (Å²) in [5.74, 6) is -0.278. The molecule has 0 saturated carbocycles. The maximum absolute atomic E-state index is 15.0. The minimum absolute atomic E-state index is 0.0768. The second-order valence-electron chi connectivity index (χ2n) is 15.2. The van der Waals surface area contributed by atoms with Gasteiger partial charge in [-0.2, -0.15) is 0 Å². The van der Waals surface area contributed by atoms with Crippen molar-refractivity contribution in [1.82, 2.24) is 5.32 Å². The third kappa shape index (κ3) is 9.24. The highest BCUT2D eigenvalue weighted by atomic mass is 32.2. The van der Waals surface area contributed by atoms with Crippen LogP contribution in [0.4, 0.5) is 10.5 Å². The van der Waals surface area contributed by atoms with Crippen LogP contribution in [0.3, 0.4) is 0 Å². The molecule has 1 atom stereocenters. The normalized spacial score (nSPS) is 12.5. The average Bonchev–Trinajstić information content (AvgIpc) is 3.61. The van der Waals surface area contributed by atoms with Gasteiger partial charge in [0, 0.05) is 23.9 Å². The molecule has 0 spiro atoms. The van der Waals surface area contributed by atoms with E-state index in [4.69, 9.17) is 9.47 Å². The van der Waals surface area contributed by atoms with E-state index < -0.39 is 22.9 Å². The van der Waals surface area contributed by atoms with E-state index in [1.807, 2.05) is 56.3 Å². The highest BCUT2D eigenvalue weighted by Gasteiger charge is 2.38. The molecule has 6 aromatic rings. The number of hydrogen-bond donors (Lipinski definition) is 1. The molecule has 304 valence electrons. The van der Waals surface area contributed by atoms with E-state index in [1.54, 1.807) is 40.9 Å². The van der Waals surface area contributed by atoms with Gasteiger partial charge in [-0.3, -0.25) is 4.79 Å². The number of fused-ring (bicyclic) bond motifs is 3. The van der Waals surface area contributed by atoms with Crippen molar-refractivity contribution >= 4 is 35.4 Å². The average molecular weight is 815 g/mol. The standard InChI is InChI=1S/C52H50N2O5S/c1-4-33-58-50(56)38-28-30-42(31-29-38)54(32-34-60-52(39-18-8-5-9-19-39,40-20-10-6-11-21-40)41-22-12-7-13-23-41)49(55)48(35-37(2)3)53-51(57)59-36-47-45-26-16-14-24-43(45)44-25-15-17-27-46(44)47/h4-31,37,47-48H,1,32-36H2,2-3H3,(H,53,57)/t48-/m0/s1. The number of hydrogen-bond acceptors (Lipinski definition) is 6. The van der Waals surface area contributed by atoms with Crippen LogP contribution >= 0.6 is 11.8 Å². The molecule has 7 nitrogen and oxygen atoms in total. The number of alkyl carbamates (subject to hydrolysis) is 1. The van der Waals surface area contributed by atoms with Gasteiger partial charge in [-0.1, -0.05) is 166 Å². The minimum Gasteiger partial charge on any atom is -0.458 e. The smallest absolute Gasteiger partial charge is 0.407 e. The first-order valence-electron chi connectivity index (χ1n) is 20.4. The fourth-order valence-corrected chi connectivity index (χ4v) is 9.57. The molecule has 0 heterocycles. The Morgan fingerprint density at radius 3 is 1.70 bits per heavy atom. The van der Waals surface area contributed by atoms with Crippen LogP contribution in [0.25, 0.3) is 11.1 Å². The van der Waals surface area contributed by atoms with Gasteiger partial charge in [-0.05, 0) is 75.5 Å². The van der Waals surface area contributed by atoms with Gasteiger partial charge in [-0.25, -0.2) is 9.59 Å². The molecule has 2 amide bonds. The minimum atomic E-state index is -0.884. The summed E-state index contributed by atoms with van der Waals surface area (Å²) in [7, 11) is 0. The van der Waals surface area contributed by atoms with E-state index in [1.165, 1.54) is 6.08 Å². The van der Waals surface area contributed by atoms with E-state index in [-0.39, 0.29) is 31.0 Å². The van der Waals surface area contributed by atoms with Crippen LogP contribution < -0.4 is 10.2 Å². The first kappa shape index (κ1) is 41.8. The van der Waals surface area contributed by atoms with Crippen LogP contribution in [-0.2, 0) is 19.0 Å². The highest BCUT2D eigenvalue weighted by molar-refractivity contribution is 8.00. The predicted octanol–water partition coefficient (Wildman–Crippen LogP) is 11.0. The summed E-state index contributed by atoms with van der Waals surface area (Å²) < 4.78 is 10.6. The number of thioether (sulfide) groups is 1. The number of rotatable bonds is 17. The van der Waals surface area contributed by atoms with Gasteiger partial charge in [-0.15, -0.1) is 11.8 Å². The van der Waals surface area contributed by atoms with Gasteiger partial charge in [0.1, 0.15) is 19.3 Å². The summed E-state index contributed by atoms with van der Waals surface area (Å²) in [6, 6.07) is 53.6. The third-order valence-corrected chi connectivity index (χ3v) is 12.4. The largest absolute Gasteiger partial charge is 0.458 e. The molecule has 1 N–H and O–H groups in total. The molecular formula is C52H50N2O5S. The van der Waals surface area contributed by atoms with Gasteiger partial charge in [0.05, 0.1) is 10.3 Å². The molecular weight excluding hydrogens is 765 g/mol. The van der Waals surface area contributed by atoms with Crippen LogP contribution in [0.1, 0.15) is 64.4 Å². The third-order valence-electron chi connectivity index (χ3n) is 10.8. The zero-order valence-electron chi connectivity index (χ0n) is 34.0. The summed E-state index contributed by atoms with van der Waals surface area (Å²) in [5.41, 5.74) is 8.78. The molecule has 0 saturated heterocycles. The molecule has 6 aromatic carbocycles. The molecule has 60 heavy (non-hydrogen) atoms. The van der Waals surface area contributed by atoms with Crippen LogP contribution in [0.2, 0.25) is 0 Å². The Kier molecular flexibility index (Phi) is 13.6. The lowest BCUT2D eigenvalue weighted by Gasteiger charge is -2.36. The Balaban J connectivity index is 1.17. The van der Waals surface area contributed by atoms with Crippen molar-refractivity contribution in [2.75, 3.05) is 30.4 Å². The fourth-order valence-electron chi connectivity index (χ4n) is 8.08. The van der Waals surface area contributed by atoms with Gasteiger partial charge in [0.15, 0.2) is 0 Å². The van der Waals surface area contributed by atoms with Crippen molar-refractivity contribution in [3.8, 4) is 11.1 Å². The van der Waals surface area contributed by atoms with Gasteiger partial charge >= 0.3 is 12.1 Å². The molecule has 0 fully saturated rings. The molecule has 0 aliphatic heterocycles. The molecule has 0 radical (unpaired) electrons. The number of nitrogens with one attached hydrogen (secondary N) is 1. The van der Waals surface area contributed by atoms with E-state index in [2.05, 4.69) is 109 Å². The highest BCUT2D eigenvalue weighted by Crippen LogP contribution is 2.49. The molecule has 0 bridgehead atoms. The molecule has 1 aliphatic rings. The van der Waals surface area contributed by atoms with Crippen LogP contribution in [-0.4, -0.2) is 49.5 Å². The van der Waals surface area contributed by atoms with Crippen molar-refractivity contribution in [3.63, 3.8) is 0 Å². The van der Waals surface area contributed by atoms with Crippen molar-refractivity contribution in [1.29, 1.82) is 0 Å². The number of esters is 1. The predicted molar refractivity (Wildman–Crippen MR) is 242 cm³/mol. The monoisotopic (exact) mass is 814 g/mol. The van der Waals surface area contributed by atoms with E-state index >= 15 is 0 Å². The van der Waals surface area contributed by atoms with E-state index in [9.17, 15) is 14.4 Å². The molecule has 7 rings (SSSR count). The first-order valence-corrected chi connectivity index (χ1v) is 21.4. The summed E-state index contributed by atoms with van der Waals surface area (Å²) in [5, 5.41) is 2.96. The lowest BCUT2D eigenvalue weighted by molar-refractivity contribution is -0.120. The number of benzene rings is 6. The maximum atomic E-state index is 15.0. The lowest BCUT2D eigenvalue weighted by atomic mass is 9.84. The Morgan fingerprint density at radius 2 is 1.20 bits per heavy atom. The summed E-state index contributed by atoms with van der Waals surface area (Å²) in [6.07, 6.45) is 1.26. The Labute approximate surface area is 357 Å². The lowest BCUT2D eigenvalue weighted by Crippen LogP contribution is -2.50. The Bertz CT molecular complexity index is 2240. The molecule has 0 aromatic heterocycles. The summed E-state index contributed by atoms with van der Waals surface area (Å²) in [6.45, 7) is 8.21. The molecule has 1 aliphatic carbocycles. The maximum Gasteiger partial charge on any atom is 0.407 e. The van der Waals surface area contributed by atoms with Crippen molar-refractivity contribution in [2.45, 2.75) is 37.0 Å². The Hall–Kier alpha value is -6.38. The van der Waals surface area contributed by atoms with Crippen LogP contribution in [0.5, 0.6) is 0 Å². The van der Waals surface area contributed by atoms with Crippen molar-refractivity contribution < 1.29 is 23.9 Å². The molecule has 8 heteroatoms. The van der Waals surface area contributed by atoms with E-state index in [0.717, 1.165) is 38.9 Å². The summed E-state index contributed by atoms with van der Waals surface area (Å²) in [4.78, 5) is 43.2. The second-order valence-corrected chi connectivity index (χ2v) is 16.5. The topological polar surface area (TPSA) is 84.9 Å². The zero-order chi connectivity index (χ0) is 41.9. The number of carbonyl (C=O) groups is 3. The molecule has 0 unspecified atom stereocenters. The van der Waals surface area contributed by atoms with E-state index in [0.29, 0.717) is 30.0 Å². The number of amides is 2. The van der Waals surface area contributed by atoms with Crippen LogP contribution in [0, 0.1) is 5.92 Å². The van der Waals surface area contributed by atoms with Crippen LogP contribution in [0.15, 0.2) is 176 Å².